The fourth-order valence-corrected chi connectivity index (χ4v) is 4.80. The van der Waals surface area contributed by atoms with E-state index in [1.54, 1.807) is 20.2 Å². The first-order valence-corrected chi connectivity index (χ1v) is 11.3. The van der Waals surface area contributed by atoms with E-state index in [9.17, 15) is 8.42 Å². The first-order chi connectivity index (χ1) is 13.4. The zero-order chi connectivity index (χ0) is 19.9. The third-order valence-electron chi connectivity index (χ3n) is 5.58. The molecule has 1 aliphatic heterocycles. The van der Waals surface area contributed by atoms with Crippen molar-refractivity contribution in [3.8, 4) is 11.3 Å². The first-order valence-electron chi connectivity index (χ1n) is 9.83. The predicted molar refractivity (Wildman–Crippen MR) is 115 cm³/mol. The summed E-state index contributed by atoms with van der Waals surface area (Å²) in [6.07, 6.45) is 3.33. The minimum absolute atomic E-state index is 0.323. The topological polar surface area (TPSA) is 56.4 Å². The largest absolute Gasteiger partial charge is 0.371 e. The van der Waals surface area contributed by atoms with Crippen molar-refractivity contribution < 1.29 is 8.42 Å². The van der Waals surface area contributed by atoms with E-state index >= 15 is 0 Å². The molecule has 3 aromatic rings. The number of sulfonamides is 1. The Bertz CT molecular complexity index is 1110. The number of H-pyrrole nitrogens is 1. The van der Waals surface area contributed by atoms with Crippen molar-refractivity contribution >= 4 is 26.6 Å². The maximum Gasteiger partial charge on any atom is 0.242 e. The molecule has 0 radical (unpaired) electrons. The van der Waals surface area contributed by atoms with Crippen LogP contribution in [-0.2, 0) is 16.4 Å². The molecule has 1 aliphatic rings. The van der Waals surface area contributed by atoms with Gasteiger partial charge in [0.2, 0.25) is 10.0 Å². The Kier molecular flexibility index (Phi) is 4.93. The molecule has 0 spiro atoms. The van der Waals surface area contributed by atoms with Crippen LogP contribution in [0.1, 0.15) is 25.3 Å². The average Bonchev–Trinajstić information content (AvgIpc) is 3.36. The summed E-state index contributed by atoms with van der Waals surface area (Å²) in [6.45, 7) is 4.16. The summed E-state index contributed by atoms with van der Waals surface area (Å²) in [7, 11) is -0.351. The molecule has 0 aliphatic carbocycles. The summed E-state index contributed by atoms with van der Waals surface area (Å²) >= 11 is 0. The summed E-state index contributed by atoms with van der Waals surface area (Å²) in [5, 5.41) is 1.14. The fourth-order valence-electron chi connectivity index (χ4n) is 3.88. The molecule has 0 amide bonds. The summed E-state index contributed by atoms with van der Waals surface area (Å²) in [5.41, 5.74) is 5.37. The molecule has 4 rings (SSSR count). The van der Waals surface area contributed by atoms with Crippen LogP contribution in [0.2, 0.25) is 0 Å². The van der Waals surface area contributed by atoms with Gasteiger partial charge in [-0.3, -0.25) is 0 Å². The monoisotopic (exact) mass is 397 g/mol. The van der Waals surface area contributed by atoms with E-state index in [1.165, 1.54) is 22.7 Å². The van der Waals surface area contributed by atoms with Gasteiger partial charge in [-0.25, -0.2) is 12.7 Å². The van der Waals surface area contributed by atoms with Gasteiger partial charge in [0.15, 0.2) is 0 Å². The third kappa shape index (κ3) is 3.31. The van der Waals surface area contributed by atoms with Gasteiger partial charge in [0.1, 0.15) is 0 Å². The molecule has 5 nitrogen and oxygen atoms in total. The highest BCUT2D eigenvalue weighted by Gasteiger charge is 2.23. The van der Waals surface area contributed by atoms with E-state index in [0.717, 1.165) is 47.4 Å². The van der Waals surface area contributed by atoms with Gasteiger partial charge in [-0.15, -0.1) is 0 Å². The minimum atomic E-state index is -3.49. The van der Waals surface area contributed by atoms with Crippen molar-refractivity contribution in [1.29, 1.82) is 0 Å². The van der Waals surface area contributed by atoms with E-state index in [-0.39, 0.29) is 0 Å². The number of aromatic amines is 1. The van der Waals surface area contributed by atoms with Crippen LogP contribution in [0.4, 0.5) is 5.69 Å². The van der Waals surface area contributed by atoms with E-state index < -0.39 is 10.0 Å². The Morgan fingerprint density at radius 1 is 1.04 bits per heavy atom. The van der Waals surface area contributed by atoms with Crippen LogP contribution < -0.4 is 4.90 Å². The molecule has 1 aromatic heterocycles. The van der Waals surface area contributed by atoms with Crippen LogP contribution in [0.25, 0.3) is 22.2 Å². The van der Waals surface area contributed by atoms with Gasteiger partial charge in [0.25, 0.3) is 0 Å². The SMILES string of the molecule is CCc1ccc2cc(-c3cc(S(=O)(=O)N(C)C)ccc3N3CCCC3)[nH]c2c1. The molecule has 28 heavy (non-hydrogen) atoms. The molecule has 0 bridgehead atoms. The molecule has 0 saturated carbocycles. The summed E-state index contributed by atoms with van der Waals surface area (Å²) in [4.78, 5) is 6.20. The van der Waals surface area contributed by atoms with Gasteiger partial charge in [0.05, 0.1) is 4.90 Å². The second-order valence-electron chi connectivity index (χ2n) is 7.62. The standard InChI is InChI=1S/C22H27N3O2S/c1-4-16-7-8-17-14-21(23-20(17)13-16)19-15-18(28(26,27)24(2)3)9-10-22(19)25-11-5-6-12-25/h7-10,13-15,23H,4-6,11-12H2,1-3H3. The van der Waals surface area contributed by atoms with Crippen molar-refractivity contribution in [3.05, 3.63) is 48.0 Å². The summed E-state index contributed by atoms with van der Waals surface area (Å²) in [5.74, 6) is 0. The number of nitrogens with zero attached hydrogens (tertiary/aromatic N) is 2. The molecular formula is C22H27N3O2S. The predicted octanol–water partition coefficient (Wildman–Crippen LogP) is 4.25. The zero-order valence-electron chi connectivity index (χ0n) is 16.7. The minimum Gasteiger partial charge on any atom is -0.371 e. The molecule has 1 N–H and O–H groups in total. The van der Waals surface area contributed by atoms with Crippen molar-refractivity contribution in [2.75, 3.05) is 32.1 Å². The Morgan fingerprint density at radius 2 is 1.79 bits per heavy atom. The molecule has 2 aromatic carbocycles. The van der Waals surface area contributed by atoms with Gasteiger partial charge in [0, 0.05) is 55.0 Å². The lowest BCUT2D eigenvalue weighted by molar-refractivity contribution is 0.521. The van der Waals surface area contributed by atoms with Crippen molar-refractivity contribution in [2.45, 2.75) is 31.1 Å². The lowest BCUT2D eigenvalue weighted by atomic mass is 10.1. The summed E-state index contributed by atoms with van der Waals surface area (Å²) in [6, 6.07) is 14.1. The van der Waals surface area contributed by atoms with Gasteiger partial charge in [-0.1, -0.05) is 19.1 Å². The molecule has 148 valence electrons. The summed E-state index contributed by atoms with van der Waals surface area (Å²) < 4.78 is 26.7. The fraction of sp³-hybridized carbons (Fsp3) is 0.364. The molecule has 1 saturated heterocycles. The highest BCUT2D eigenvalue weighted by atomic mass is 32.2. The second kappa shape index (κ2) is 7.26. The number of nitrogens with one attached hydrogen (secondary N) is 1. The van der Waals surface area contributed by atoms with Crippen LogP contribution in [0, 0.1) is 0 Å². The Labute approximate surface area is 167 Å². The number of aryl methyl sites for hydroxylation is 1. The number of aromatic nitrogens is 1. The molecule has 1 fully saturated rings. The zero-order valence-corrected chi connectivity index (χ0v) is 17.5. The van der Waals surface area contributed by atoms with Crippen LogP contribution >= 0.6 is 0 Å². The van der Waals surface area contributed by atoms with Crippen molar-refractivity contribution in [1.82, 2.24) is 9.29 Å². The van der Waals surface area contributed by atoms with E-state index in [1.807, 2.05) is 12.1 Å². The van der Waals surface area contributed by atoms with E-state index in [0.29, 0.717) is 4.90 Å². The molecule has 0 unspecified atom stereocenters. The van der Waals surface area contributed by atoms with Crippen LogP contribution in [-0.4, -0.2) is 44.9 Å². The van der Waals surface area contributed by atoms with Gasteiger partial charge in [-0.2, -0.15) is 0 Å². The van der Waals surface area contributed by atoms with E-state index in [2.05, 4.69) is 41.1 Å². The van der Waals surface area contributed by atoms with Crippen LogP contribution in [0.5, 0.6) is 0 Å². The van der Waals surface area contributed by atoms with Gasteiger partial charge < -0.3 is 9.88 Å². The molecule has 0 atom stereocenters. The van der Waals surface area contributed by atoms with Crippen LogP contribution in [0.3, 0.4) is 0 Å². The number of hydrogen-bond donors (Lipinski definition) is 1. The average molecular weight is 398 g/mol. The number of hydrogen-bond acceptors (Lipinski definition) is 3. The highest BCUT2D eigenvalue weighted by Crippen LogP contribution is 2.36. The lowest BCUT2D eigenvalue weighted by Crippen LogP contribution is -2.23. The normalized spacial score (nSPS) is 15.1. The smallest absolute Gasteiger partial charge is 0.242 e. The second-order valence-corrected chi connectivity index (χ2v) is 9.77. The van der Waals surface area contributed by atoms with Crippen molar-refractivity contribution in [2.24, 2.45) is 0 Å². The molecule has 2 heterocycles. The highest BCUT2D eigenvalue weighted by molar-refractivity contribution is 7.89. The Hall–Kier alpha value is -2.31. The first kappa shape index (κ1) is 19.0. The quantitative estimate of drug-likeness (QED) is 0.700. The molecule has 6 heteroatoms. The number of benzene rings is 2. The van der Waals surface area contributed by atoms with Gasteiger partial charge >= 0.3 is 0 Å². The number of fused-ring (bicyclic) bond motifs is 1. The number of rotatable bonds is 5. The number of anilines is 1. The van der Waals surface area contributed by atoms with Crippen molar-refractivity contribution in [3.63, 3.8) is 0 Å². The maximum atomic E-state index is 12.7. The third-order valence-corrected chi connectivity index (χ3v) is 7.39. The molecular weight excluding hydrogens is 370 g/mol. The maximum absolute atomic E-state index is 12.7. The lowest BCUT2D eigenvalue weighted by Gasteiger charge is -2.22. The van der Waals surface area contributed by atoms with Crippen LogP contribution in [0.15, 0.2) is 47.4 Å². The van der Waals surface area contributed by atoms with E-state index in [4.69, 9.17) is 0 Å². The Morgan fingerprint density at radius 3 is 2.46 bits per heavy atom. The Balaban J connectivity index is 1.89. The van der Waals surface area contributed by atoms with Gasteiger partial charge in [-0.05, 0) is 55.2 Å².